The van der Waals surface area contributed by atoms with Gasteiger partial charge in [-0.1, -0.05) is 0 Å². The maximum absolute atomic E-state index is 15.1. The van der Waals surface area contributed by atoms with E-state index in [4.69, 9.17) is 15.9 Å². The van der Waals surface area contributed by atoms with Gasteiger partial charge in [0, 0.05) is 43.3 Å². The number of nitrogens with two attached hydrogens (primary N) is 1. The highest BCUT2D eigenvalue weighted by atomic mass is 19.1. The van der Waals surface area contributed by atoms with E-state index < -0.39 is 6.17 Å². The summed E-state index contributed by atoms with van der Waals surface area (Å²) < 4.78 is 20.3. The molecule has 1 atom stereocenters. The Balaban J connectivity index is 1.83. The number of halogens is 1. The lowest BCUT2D eigenvalue weighted by atomic mass is 9.97. The van der Waals surface area contributed by atoms with Crippen molar-refractivity contribution in [1.82, 2.24) is 14.9 Å². The van der Waals surface area contributed by atoms with Gasteiger partial charge in [0.15, 0.2) is 0 Å². The number of nitrogens with one attached hydrogen (secondary N) is 2. The van der Waals surface area contributed by atoms with Gasteiger partial charge in [0.05, 0.1) is 13.2 Å². The second kappa shape index (κ2) is 10.7. The number of benzene rings is 1. The van der Waals surface area contributed by atoms with E-state index in [9.17, 15) is 5.11 Å². The predicted molar refractivity (Wildman–Crippen MR) is 124 cm³/mol. The van der Waals surface area contributed by atoms with E-state index in [1.165, 1.54) is 13.3 Å². The topological polar surface area (TPSA) is 124 Å². The molecule has 1 fully saturated rings. The Kier molecular flexibility index (Phi) is 7.94. The van der Waals surface area contributed by atoms with E-state index in [1.54, 1.807) is 18.2 Å². The van der Waals surface area contributed by atoms with Gasteiger partial charge in [-0.15, -0.1) is 0 Å². The summed E-state index contributed by atoms with van der Waals surface area (Å²) in [6, 6.07) is 5.47. The average molecular weight is 446 g/mol. The molecule has 2 aromatic rings. The van der Waals surface area contributed by atoms with Crippen LogP contribution in [0.3, 0.4) is 0 Å². The summed E-state index contributed by atoms with van der Waals surface area (Å²) in [4.78, 5) is 12.5. The summed E-state index contributed by atoms with van der Waals surface area (Å²) in [5, 5.41) is 20.6. The number of nitrogens with zero attached hydrogens (tertiary/aromatic N) is 4. The van der Waals surface area contributed by atoms with E-state index in [0.29, 0.717) is 61.0 Å². The highest BCUT2D eigenvalue weighted by molar-refractivity contribution is 5.88. The van der Waals surface area contributed by atoms with Crippen molar-refractivity contribution >= 4 is 23.5 Å². The molecular weight excluding hydrogens is 413 g/mol. The van der Waals surface area contributed by atoms with Crippen LogP contribution in [0.5, 0.6) is 6.01 Å². The molecule has 9 nitrogen and oxygen atoms in total. The molecule has 0 spiro atoms. The summed E-state index contributed by atoms with van der Waals surface area (Å²) >= 11 is 0. The molecule has 1 aromatic heterocycles. The molecule has 5 N–H and O–H groups in total. The number of hydrogen-bond donors (Lipinski definition) is 4. The number of alkyl halides is 1. The zero-order valence-corrected chi connectivity index (χ0v) is 18.8. The van der Waals surface area contributed by atoms with Crippen LogP contribution in [0.1, 0.15) is 35.7 Å². The highest BCUT2D eigenvalue weighted by Crippen LogP contribution is 2.32. The number of hydrogen-bond acceptors (Lipinski definition) is 9. The molecule has 1 aromatic carbocycles. The minimum Gasteiger partial charge on any atom is -0.467 e. The molecule has 32 heavy (non-hydrogen) atoms. The molecule has 1 aliphatic heterocycles. The van der Waals surface area contributed by atoms with Crippen LogP contribution in [0.4, 0.5) is 21.7 Å². The van der Waals surface area contributed by atoms with Gasteiger partial charge in [-0.2, -0.15) is 9.97 Å². The third-order valence-corrected chi connectivity index (χ3v) is 5.56. The van der Waals surface area contributed by atoms with Crippen molar-refractivity contribution in [3.63, 3.8) is 0 Å². The Morgan fingerprint density at radius 3 is 2.78 bits per heavy atom. The largest absolute Gasteiger partial charge is 0.467 e. The molecule has 3 rings (SSSR count). The Labute approximate surface area is 187 Å². The molecular formula is C22H32FN7O2. The number of aryl methyl sites for hydroxylation is 1. The molecule has 0 radical (unpaired) electrons. The van der Waals surface area contributed by atoms with Gasteiger partial charge >= 0.3 is 6.01 Å². The van der Waals surface area contributed by atoms with Gasteiger partial charge in [0.1, 0.15) is 17.8 Å². The number of aliphatic hydroxyl groups is 1. The normalized spacial score (nSPS) is 14.9. The molecule has 10 heteroatoms. The van der Waals surface area contributed by atoms with Crippen molar-refractivity contribution in [2.24, 2.45) is 5.73 Å². The minimum atomic E-state index is -1.13. The van der Waals surface area contributed by atoms with Crippen LogP contribution in [-0.4, -0.2) is 72.8 Å². The number of ether oxygens (including phenoxy) is 1. The molecule has 0 bridgehead atoms. The SMILES string of the molecule is COc1nc(Nc2cc([C@H](F)CCCN(C)CN)c(C)cc2C=N)cc(N2CC(O)C2)n1. The number of anilines is 3. The van der Waals surface area contributed by atoms with E-state index in [0.717, 1.165) is 12.1 Å². The van der Waals surface area contributed by atoms with Crippen molar-refractivity contribution in [3.8, 4) is 6.01 Å². The molecule has 1 saturated heterocycles. The summed E-state index contributed by atoms with van der Waals surface area (Å²) in [7, 11) is 3.39. The third-order valence-electron chi connectivity index (χ3n) is 5.56. The quantitative estimate of drug-likeness (QED) is 0.307. The van der Waals surface area contributed by atoms with E-state index >= 15 is 4.39 Å². The van der Waals surface area contributed by atoms with Gasteiger partial charge in [-0.25, -0.2) is 4.39 Å². The summed E-state index contributed by atoms with van der Waals surface area (Å²) in [5.41, 5.74) is 8.17. The second-order valence-electron chi connectivity index (χ2n) is 8.09. The highest BCUT2D eigenvalue weighted by Gasteiger charge is 2.26. The van der Waals surface area contributed by atoms with Crippen molar-refractivity contribution in [1.29, 1.82) is 5.41 Å². The van der Waals surface area contributed by atoms with Gasteiger partial charge in [-0.05, 0) is 56.6 Å². The lowest BCUT2D eigenvalue weighted by molar-refractivity contribution is 0.141. The van der Waals surface area contributed by atoms with Crippen LogP contribution in [0.15, 0.2) is 18.2 Å². The predicted octanol–water partition coefficient (Wildman–Crippen LogP) is 2.35. The Morgan fingerprint density at radius 1 is 1.41 bits per heavy atom. The lowest BCUT2D eigenvalue weighted by Crippen LogP contribution is -2.51. The van der Waals surface area contributed by atoms with Crippen molar-refractivity contribution in [2.75, 3.05) is 50.7 Å². The van der Waals surface area contributed by atoms with Crippen LogP contribution < -0.4 is 20.7 Å². The Morgan fingerprint density at radius 2 is 2.16 bits per heavy atom. The lowest BCUT2D eigenvalue weighted by Gasteiger charge is -2.36. The molecule has 0 unspecified atom stereocenters. The number of β-amino-alcohol motifs (C(OH)–C–C–N with tert-alkyl or cyclic N) is 1. The Bertz CT molecular complexity index is 937. The fourth-order valence-electron chi connectivity index (χ4n) is 3.61. The van der Waals surface area contributed by atoms with Crippen molar-refractivity contribution in [2.45, 2.75) is 32.0 Å². The van der Waals surface area contributed by atoms with Crippen LogP contribution >= 0.6 is 0 Å². The maximum Gasteiger partial charge on any atom is 0.320 e. The monoisotopic (exact) mass is 445 g/mol. The first-order valence-corrected chi connectivity index (χ1v) is 10.7. The first kappa shape index (κ1) is 23.8. The van der Waals surface area contributed by atoms with E-state index in [-0.39, 0.29) is 12.1 Å². The molecule has 0 amide bonds. The number of aromatic nitrogens is 2. The van der Waals surface area contributed by atoms with Gasteiger partial charge in [0.25, 0.3) is 0 Å². The average Bonchev–Trinajstić information content (AvgIpc) is 2.77. The van der Waals surface area contributed by atoms with Crippen molar-refractivity contribution in [3.05, 3.63) is 34.9 Å². The summed E-state index contributed by atoms with van der Waals surface area (Å²) in [5.74, 6) is 1.09. The van der Waals surface area contributed by atoms with Crippen LogP contribution in [0, 0.1) is 12.3 Å². The van der Waals surface area contributed by atoms with Crippen LogP contribution in [0.25, 0.3) is 0 Å². The molecule has 2 heterocycles. The smallest absolute Gasteiger partial charge is 0.320 e. The first-order chi connectivity index (χ1) is 15.3. The van der Waals surface area contributed by atoms with Gasteiger partial charge in [0.2, 0.25) is 0 Å². The van der Waals surface area contributed by atoms with Crippen LogP contribution in [0.2, 0.25) is 0 Å². The van der Waals surface area contributed by atoms with Gasteiger partial charge < -0.3 is 31.2 Å². The zero-order valence-electron chi connectivity index (χ0n) is 18.8. The molecule has 1 aliphatic rings. The minimum absolute atomic E-state index is 0.183. The summed E-state index contributed by atoms with van der Waals surface area (Å²) in [6.07, 6.45) is 0.810. The Hall–Kier alpha value is -2.82. The third kappa shape index (κ3) is 5.70. The van der Waals surface area contributed by atoms with Crippen molar-refractivity contribution < 1.29 is 14.2 Å². The number of methoxy groups -OCH3 is 1. The fourth-order valence-corrected chi connectivity index (χ4v) is 3.61. The molecule has 174 valence electrons. The first-order valence-electron chi connectivity index (χ1n) is 10.7. The second-order valence-corrected chi connectivity index (χ2v) is 8.09. The fraction of sp³-hybridized carbons (Fsp3) is 0.500. The standard InChI is InChI=1S/C22H32FN7O2/c1-14-7-15(10-24)19(8-17(14)18(23)5-4-6-29(2)13-25)26-20-9-21(28-22(27-20)32-3)30-11-16(31)12-30/h7-10,16,18,24,31H,4-6,11-13,25H2,1-3H3,(H,26,27,28)/t18-/m1/s1. The molecule has 0 aliphatic carbocycles. The summed E-state index contributed by atoms with van der Waals surface area (Å²) in [6.45, 7) is 4.00. The zero-order chi connectivity index (χ0) is 23.3. The van der Waals surface area contributed by atoms with Crippen LogP contribution in [-0.2, 0) is 0 Å². The van der Waals surface area contributed by atoms with E-state index in [1.807, 2.05) is 23.8 Å². The number of rotatable bonds is 11. The number of aliphatic hydroxyl groups excluding tert-OH is 1. The van der Waals surface area contributed by atoms with Gasteiger partial charge in [-0.3, -0.25) is 4.90 Å². The maximum atomic E-state index is 15.1. The molecule has 0 saturated carbocycles. The van der Waals surface area contributed by atoms with E-state index in [2.05, 4.69) is 15.3 Å².